The summed E-state index contributed by atoms with van der Waals surface area (Å²) in [6.07, 6.45) is 4.00. The molecule has 4 aromatic carbocycles. The molecule has 0 saturated heterocycles. The molecule has 4 atom stereocenters. The molecular weight excluding hydrogens is 729 g/mol. The summed E-state index contributed by atoms with van der Waals surface area (Å²) >= 11 is 1.62. The third kappa shape index (κ3) is 11.3. The van der Waals surface area contributed by atoms with Gasteiger partial charge in [-0.25, -0.2) is 4.79 Å². The van der Waals surface area contributed by atoms with Gasteiger partial charge in [-0.3, -0.25) is 19.2 Å². The maximum atomic E-state index is 14.4. The first-order valence-corrected chi connectivity index (χ1v) is 19.7. The molecule has 11 nitrogen and oxygen atoms in total. The Morgan fingerprint density at radius 3 is 1.98 bits per heavy atom. The van der Waals surface area contributed by atoms with Crippen molar-refractivity contribution in [1.82, 2.24) is 21.3 Å². The summed E-state index contributed by atoms with van der Waals surface area (Å²) in [4.78, 5) is 69.9. The van der Waals surface area contributed by atoms with Gasteiger partial charge < -0.3 is 30.7 Å². The van der Waals surface area contributed by atoms with Crippen molar-refractivity contribution < 1.29 is 33.4 Å². The monoisotopic (exact) mass is 774 g/mol. The van der Waals surface area contributed by atoms with E-state index in [1.54, 1.807) is 36.0 Å². The molecule has 290 valence electrons. The molecule has 3 aliphatic heterocycles. The van der Waals surface area contributed by atoms with Crippen molar-refractivity contribution in [3.63, 3.8) is 0 Å². The minimum Gasteiger partial charge on any atom is -0.484 e. The SMILES string of the molecule is COC(=O)[C@@H]1Cc2ccc(cc2)OCC(=O)N[C@@H](CC2=CCCS2)C(=O)N[C@H](Cc2ccc(-c3ccccc3)cc2)C(=O)N[C@@H](CCc2ccccc2)C(=O)N1. The van der Waals surface area contributed by atoms with Crippen molar-refractivity contribution >= 4 is 41.4 Å². The Bertz CT molecular complexity index is 2010. The number of thioether (sulfide) groups is 1. The van der Waals surface area contributed by atoms with Crippen molar-refractivity contribution in [2.45, 2.75) is 62.7 Å². The van der Waals surface area contributed by atoms with E-state index in [1.165, 1.54) is 7.11 Å². The number of amides is 4. The maximum Gasteiger partial charge on any atom is 0.328 e. The lowest BCUT2D eigenvalue weighted by Crippen LogP contribution is -2.58. The molecule has 3 heterocycles. The van der Waals surface area contributed by atoms with Gasteiger partial charge in [0, 0.05) is 25.0 Å². The number of methoxy groups -OCH3 is 1. The summed E-state index contributed by atoms with van der Waals surface area (Å²) in [6.45, 7) is -0.350. The highest BCUT2D eigenvalue weighted by Gasteiger charge is 2.33. The Labute approximate surface area is 331 Å². The fourth-order valence-electron chi connectivity index (χ4n) is 6.65. The normalized spacial score (nSPS) is 20.8. The molecule has 0 fully saturated rings. The molecule has 0 saturated carbocycles. The largest absolute Gasteiger partial charge is 0.484 e. The van der Waals surface area contributed by atoms with Crippen LogP contribution >= 0.6 is 11.8 Å². The summed E-state index contributed by atoms with van der Waals surface area (Å²) in [5.41, 5.74) is 4.46. The second-order valence-electron chi connectivity index (χ2n) is 13.8. The zero-order valence-electron chi connectivity index (χ0n) is 31.2. The molecule has 4 amide bonds. The topological polar surface area (TPSA) is 152 Å². The number of hydrogen-bond acceptors (Lipinski definition) is 8. The molecule has 56 heavy (non-hydrogen) atoms. The van der Waals surface area contributed by atoms with E-state index in [0.717, 1.165) is 39.3 Å². The fraction of sp³-hybridized carbons (Fsp3) is 0.295. The standard InChI is InChI=1S/C44H46N4O7S/c1-54-44(53)39-26-31-16-21-34(22-17-31)55-28-40(49)45-38(27-35-13-8-24-56-35)43(52)47-37(25-30-14-19-33(20-15-30)32-11-6-3-7-12-32)42(51)46-36(41(50)48-39)23-18-29-9-4-2-5-10-29/h2-7,9-17,19-22,36-39H,8,18,23-28H2,1H3,(H,45,49)(H,46,51)(H,47,52)(H,48,50)/t36-,37+,38-,39-/m0/s1. The summed E-state index contributed by atoms with van der Waals surface area (Å²) in [6, 6.07) is 29.7. The van der Waals surface area contributed by atoms with Crippen LogP contribution in [0.25, 0.3) is 11.1 Å². The van der Waals surface area contributed by atoms with Gasteiger partial charge >= 0.3 is 5.97 Å². The number of nitrogens with one attached hydrogen (secondary N) is 4. The van der Waals surface area contributed by atoms with Crippen LogP contribution in [0.15, 0.2) is 120 Å². The first-order chi connectivity index (χ1) is 27.2. The van der Waals surface area contributed by atoms with Crippen molar-refractivity contribution in [3.05, 3.63) is 137 Å². The zero-order chi connectivity index (χ0) is 39.3. The second kappa shape index (κ2) is 19.6. The molecule has 0 spiro atoms. The Morgan fingerprint density at radius 2 is 1.32 bits per heavy atom. The van der Waals surface area contributed by atoms with Crippen LogP contribution in [0.1, 0.15) is 36.0 Å². The maximum absolute atomic E-state index is 14.4. The molecule has 0 unspecified atom stereocenters. The van der Waals surface area contributed by atoms with E-state index in [0.29, 0.717) is 17.7 Å². The minimum absolute atomic E-state index is 0.0969. The predicted molar refractivity (Wildman–Crippen MR) is 215 cm³/mol. The molecule has 12 heteroatoms. The van der Waals surface area contributed by atoms with Crippen LogP contribution < -0.4 is 26.0 Å². The van der Waals surface area contributed by atoms with Gasteiger partial charge in [-0.15, -0.1) is 11.8 Å². The Balaban J connectivity index is 1.33. The van der Waals surface area contributed by atoms with Crippen molar-refractivity contribution in [3.8, 4) is 16.9 Å². The van der Waals surface area contributed by atoms with Gasteiger partial charge in [-0.05, 0) is 64.1 Å². The number of hydrogen-bond donors (Lipinski definition) is 4. The van der Waals surface area contributed by atoms with Crippen LogP contribution in [0.5, 0.6) is 5.75 Å². The van der Waals surface area contributed by atoms with Crippen LogP contribution in [0.4, 0.5) is 0 Å². The number of fused-ring (bicyclic) bond motifs is 16. The molecule has 3 aliphatic rings. The average molecular weight is 775 g/mol. The number of esters is 1. The highest BCUT2D eigenvalue weighted by Crippen LogP contribution is 2.29. The molecule has 4 N–H and O–H groups in total. The van der Waals surface area contributed by atoms with Gasteiger partial charge in [0.05, 0.1) is 7.11 Å². The molecule has 0 aromatic heterocycles. The van der Waals surface area contributed by atoms with Gasteiger partial charge in [-0.2, -0.15) is 0 Å². The van der Waals surface area contributed by atoms with E-state index < -0.39 is 53.8 Å². The van der Waals surface area contributed by atoms with Crippen molar-refractivity contribution in [2.24, 2.45) is 0 Å². The number of benzene rings is 4. The first-order valence-electron chi connectivity index (χ1n) is 18.7. The molecule has 0 radical (unpaired) electrons. The highest BCUT2D eigenvalue weighted by atomic mass is 32.2. The van der Waals surface area contributed by atoms with E-state index in [-0.39, 0.29) is 32.3 Å². The van der Waals surface area contributed by atoms with E-state index in [4.69, 9.17) is 9.47 Å². The minimum atomic E-state index is -1.13. The summed E-state index contributed by atoms with van der Waals surface area (Å²) in [5.74, 6) is -1.59. The lowest BCUT2D eigenvalue weighted by atomic mass is 9.99. The molecule has 0 aliphatic carbocycles. The van der Waals surface area contributed by atoms with Crippen LogP contribution in [0, 0.1) is 0 Å². The molecule has 2 bridgehead atoms. The van der Waals surface area contributed by atoms with Gasteiger partial charge in [0.25, 0.3) is 5.91 Å². The van der Waals surface area contributed by atoms with E-state index in [2.05, 4.69) is 21.3 Å². The van der Waals surface area contributed by atoms with Crippen molar-refractivity contribution in [2.75, 3.05) is 19.5 Å². The van der Waals surface area contributed by atoms with Crippen LogP contribution in [-0.2, 0) is 48.0 Å². The number of carbonyl (C=O) groups is 5. The quantitative estimate of drug-likeness (QED) is 0.141. The highest BCUT2D eigenvalue weighted by molar-refractivity contribution is 8.03. The Hall–Kier alpha value is -5.88. The number of aryl methyl sites for hydroxylation is 1. The van der Waals surface area contributed by atoms with Crippen molar-refractivity contribution in [1.29, 1.82) is 0 Å². The average Bonchev–Trinajstić information content (AvgIpc) is 3.75. The molecular formula is C44H46N4O7S. The second-order valence-corrected chi connectivity index (χ2v) is 15.0. The summed E-state index contributed by atoms with van der Waals surface area (Å²) in [5, 5.41) is 11.5. The summed E-state index contributed by atoms with van der Waals surface area (Å²) in [7, 11) is 1.24. The summed E-state index contributed by atoms with van der Waals surface area (Å²) < 4.78 is 10.8. The van der Waals surface area contributed by atoms with Gasteiger partial charge in [0.1, 0.15) is 29.9 Å². The molecule has 4 aromatic rings. The van der Waals surface area contributed by atoms with Crippen LogP contribution in [0.3, 0.4) is 0 Å². The zero-order valence-corrected chi connectivity index (χ0v) is 32.0. The third-order valence-corrected chi connectivity index (χ3v) is 10.8. The van der Waals surface area contributed by atoms with Crippen LogP contribution in [-0.4, -0.2) is 73.2 Å². The van der Waals surface area contributed by atoms with Crippen LogP contribution in [0.2, 0.25) is 0 Å². The fourth-order valence-corrected chi connectivity index (χ4v) is 7.67. The number of allylic oxidation sites excluding steroid dienone is 1. The number of carbonyl (C=O) groups excluding carboxylic acids is 5. The predicted octanol–water partition coefficient (Wildman–Crippen LogP) is 4.69. The van der Waals surface area contributed by atoms with E-state index in [9.17, 15) is 24.0 Å². The Kier molecular flexibility index (Phi) is 14.0. The van der Waals surface area contributed by atoms with E-state index in [1.807, 2.05) is 91.0 Å². The third-order valence-electron chi connectivity index (χ3n) is 9.70. The smallest absolute Gasteiger partial charge is 0.328 e. The number of rotatable bonds is 9. The lowest BCUT2D eigenvalue weighted by Gasteiger charge is -2.26. The van der Waals surface area contributed by atoms with E-state index >= 15 is 0 Å². The first kappa shape index (κ1) is 39.8. The van der Waals surface area contributed by atoms with Gasteiger partial charge in [0.2, 0.25) is 17.7 Å². The molecule has 7 rings (SSSR count). The van der Waals surface area contributed by atoms with Gasteiger partial charge in [0.15, 0.2) is 6.61 Å². The van der Waals surface area contributed by atoms with Gasteiger partial charge in [-0.1, -0.05) is 103 Å². The lowest BCUT2D eigenvalue weighted by molar-refractivity contribution is -0.145. The number of ether oxygens (including phenoxy) is 2. The Morgan fingerprint density at radius 1 is 0.696 bits per heavy atom.